The SMILES string of the molecule is Cc1nnsc1C(=O)Nc1cc(C(=O)N2CCCNCC2)ccc1N1CCN(C(=O)c2cccc(F)c2)CC1. The summed E-state index contributed by atoms with van der Waals surface area (Å²) < 4.78 is 17.5. The van der Waals surface area contributed by atoms with Crippen molar-refractivity contribution in [3.05, 3.63) is 70.0 Å². The summed E-state index contributed by atoms with van der Waals surface area (Å²) in [6, 6.07) is 11.1. The van der Waals surface area contributed by atoms with Gasteiger partial charge in [-0.2, -0.15) is 0 Å². The zero-order valence-corrected chi connectivity index (χ0v) is 22.5. The molecule has 204 valence electrons. The molecule has 3 aromatic rings. The number of anilines is 2. The summed E-state index contributed by atoms with van der Waals surface area (Å²) in [5.74, 6) is -1.09. The van der Waals surface area contributed by atoms with E-state index in [4.69, 9.17) is 0 Å². The number of nitrogens with zero attached hydrogens (tertiary/aromatic N) is 5. The Labute approximate surface area is 229 Å². The van der Waals surface area contributed by atoms with E-state index in [1.54, 1.807) is 30.0 Å². The molecule has 10 nitrogen and oxygen atoms in total. The molecule has 39 heavy (non-hydrogen) atoms. The van der Waals surface area contributed by atoms with Crippen LogP contribution in [-0.4, -0.2) is 89.5 Å². The Bertz CT molecular complexity index is 1360. The lowest BCUT2D eigenvalue weighted by molar-refractivity contribution is 0.0743. The molecule has 2 aliphatic heterocycles. The van der Waals surface area contributed by atoms with E-state index in [9.17, 15) is 18.8 Å². The lowest BCUT2D eigenvalue weighted by Gasteiger charge is -2.37. The lowest BCUT2D eigenvalue weighted by atomic mass is 10.1. The van der Waals surface area contributed by atoms with Gasteiger partial charge in [0.1, 0.15) is 10.7 Å². The molecule has 0 bridgehead atoms. The van der Waals surface area contributed by atoms with Gasteiger partial charge >= 0.3 is 0 Å². The quantitative estimate of drug-likeness (QED) is 0.502. The van der Waals surface area contributed by atoms with E-state index in [1.165, 1.54) is 18.2 Å². The van der Waals surface area contributed by atoms with Crippen LogP contribution in [0.2, 0.25) is 0 Å². The van der Waals surface area contributed by atoms with Gasteiger partial charge in [0.15, 0.2) is 0 Å². The fourth-order valence-electron chi connectivity index (χ4n) is 4.85. The van der Waals surface area contributed by atoms with Gasteiger partial charge in [0.05, 0.1) is 17.1 Å². The number of aromatic nitrogens is 2. The molecule has 2 fully saturated rings. The van der Waals surface area contributed by atoms with E-state index < -0.39 is 5.82 Å². The standard InChI is InChI=1S/C27H30FN7O3S/c1-18-24(39-32-31-18)25(36)30-22-17-20(27(38)34-10-3-8-29-9-11-34)6-7-23(22)33-12-14-35(15-13-33)26(37)19-4-2-5-21(28)16-19/h2,4-7,16-17,29H,3,8-15H2,1H3,(H,30,36). The molecule has 1 aromatic heterocycles. The summed E-state index contributed by atoms with van der Waals surface area (Å²) in [4.78, 5) is 45.3. The molecule has 2 aliphatic rings. The van der Waals surface area contributed by atoms with Crippen molar-refractivity contribution in [3.63, 3.8) is 0 Å². The monoisotopic (exact) mass is 551 g/mol. The molecule has 5 rings (SSSR count). The van der Waals surface area contributed by atoms with Crippen molar-refractivity contribution in [2.24, 2.45) is 0 Å². The van der Waals surface area contributed by atoms with Crippen LogP contribution >= 0.6 is 11.5 Å². The molecule has 0 atom stereocenters. The van der Waals surface area contributed by atoms with Crippen LogP contribution in [0.15, 0.2) is 42.5 Å². The first-order valence-electron chi connectivity index (χ1n) is 12.9. The number of benzene rings is 2. The van der Waals surface area contributed by atoms with Crippen LogP contribution in [0.3, 0.4) is 0 Å². The van der Waals surface area contributed by atoms with Crippen molar-refractivity contribution in [2.45, 2.75) is 13.3 Å². The Kier molecular flexibility index (Phi) is 8.13. The van der Waals surface area contributed by atoms with E-state index in [2.05, 4.69) is 25.1 Å². The maximum Gasteiger partial charge on any atom is 0.269 e. The minimum Gasteiger partial charge on any atom is -0.366 e. The van der Waals surface area contributed by atoms with Crippen LogP contribution in [-0.2, 0) is 0 Å². The maximum atomic E-state index is 13.6. The van der Waals surface area contributed by atoms with E-state index in [0.717, 1.165) is 36.7 Å². The maximum absolute atomic E-state index is 13.6. The predicted octanol–water partition coefficient (Wildman–Crippen LogP) is 2.64. The molecule has 2 saturated heterocycles. The van der Waals surface area contributed by atoms with Crippen molar-refractivity contribution in [1.82, 2.24) is 24.7 Å². The molecule has 0 saturated carbocycles. The van der Waals surface area contributed by atoms with Gasteiger partial charge in [0.2, 0.25) is 0 Å². The van der Waals surface area contributed by atoms with Gasteiger partial charge in [0.25, 0.3) is 17.7 Å². The van der Waals surface area contributed by atoms with E-state index in [-0.39, 0.29) is 17.7 Å². The highest BCUT2D eigenvalue weighted by atomic mass is 32.1. The average molecular weight is 552 g/mol. The van der Waals surface area contributed by atoms with Crippen LogP contribution < -0.4 is 15.5 Å². The minimum absolute atomic E-state index is 0.0816. The molecule has 0 aliphatic carbocycles. The summed E-state index contributed by atoms with van der Waals surface area (Å²) in [7, 11) is 0. The van der Waals surface area contributed by atoms with E-state index >= 15 is 0 Å². The van der Waals surface area contributed by atoms with E-state index in [1.807, 2.05) is 11.0 Å². The van der Waals surface area contributed by atoms with Crippen molar-refractivity contribution >= 4 is 40.6 Å². The Morgan fingerprint density at radius 3 is 2.38 bits per heavy atom. The smallest absolute Gasteiger partial charge is 0.269 e. The predicted molar refractivity (Wildman–Crippen MR) is 147 cm³/mol. The van der Waals surface area contributed by atoms with Gasteiger partial charge in [-0.25, -0.2) is 4.39 Å². The molecule has 0 unspecified atom stereocenters. The summed E-state index contributed by atoms with van der Waals surface area (Å²) in [5.41, 5.74) is 2.61. The first-order chi connectivity index (χ1) is 18.9. The molecule has 2 aromatic carbocycles. The van der Waals surface area contributed by atoms with Crippen LogP contribution in [0, 0.1) is 12.7 Å². The van der Waals surface area contributed by atoms with Crippen molar-refractivity contribution in [1.29, 1.82) is 0 Å². The molecule has 12 heteroatoms. The molecule has 0 radical (unpaired) electrons. The molecular weight excluding hydrogens is 521 g/mol. The van der Waals surface area contributed by atoms with Gasteiger partial charge in [-0.3, -0.25) is 14.4 Å². The minimum atomic E-state index is -0.447. The molecule has 2 N–H and O–H groups in total. The van der Waals surface area contributed by atoms with Crippen LogP contribution in [0.25, 0.3) is 0 Å². The number of nitrogens with one attached hydrogen (secondary N) is 2. The van der Waals surface area contributed by atoms with Crippen molar-refractivity contribution < 1.29 is 18.8 Å². The Morgan fingerprint density at radius 2 is 1.67 bits per heavy atom. The summed E-state index contributed by atoms with van der Waals surface area (Å²) in [5, 5.41) is 10.2. The Morgan fingerprint density at radius 1 is 0.923 bits per heavy atom. The first-order valence-corrected chi connectivity index (χ1v) is 13.7. The highest BCUT2D eigenvalue weighted by molar-refractivity contribution is 7.08. The third-order valence-corrected chi connectivity index (χ3v) is 7.78. The second kappa shape index (κ2) is 11.9. The number of rotatable bonds is 5. The second-order valence-electron chi connectivity index (χ2n) is 9.56. The fraction of sp³-hybridized carbons (Fsp3) is 0.370. The molecule has 3 heterocycles. The third-order valence-electron chi connectivity index (χ3n) is 6.96. The largest absolute Gasteiger partial charge is 0.366 e. The molecular formula is C27H30FN7O3S. The Balaban J connectivity index is 1.37. The van der Waals surface area contributed by atoms with Crippen LogP contribution in [0.5, 0.6) is 0 Å². The average Bonchev–Trinajstić information content (AvgIpc) is 3.20. The molecule has 3 amide bonds. The number of aryl methyl sites for hydroxylation is 1. The highest BCUT2D eigenvalue weighted by Gasteiger charge is 2.26. The topological polar surface area (TPSA) is 111 Å². The highest BCUT2D eigenvalue weighted by Crippen LogP contribution is 2.30. The third kappa shape index (κ3) is 6.07. The zero-order chi connectivity index (χ0) is 27.4. The van der Waals surface area contributed by atoms with Gasteiger partial charge in [-0.15, -0.1) is 5.10 Å². The van der Waals surface area contributed by atoms with Gasteiger partial charge in [-0.05, 0) is 67.8 Å². The van der Waals surface area contributed by atoms with Crippen LogP contribution in [0.4, 0.5) is 15.8 Å². The van der Waals surface area contributed by atoms with Crippen molar-refractivity contribution in [2.75, 3.05) is 62.6 Å². The number of carbonyl (C=O) groups is 3. The van der Waals surface area contributed by atoms with E-state index in [0.29, 0.717) is 66.7 Å². The lowest BCUT2D eigenvalue weighted by Crippen LogP contribution is -2.49. The van der Waals surface area contributed by atoms with Gasteiger partial charge in [-0.1, -0.05) is 10.6 Å². The zero-order valence-electron chi connectivity index (χ0n) is 21.7. The number of amides is 3. The number of hydrogen-bond donors (Lipinski definition) is 2. The summed E-state index contributed by atoms with van der Waals surface area (Å²) in [6.07, 6.45) is 0.879. The van der Waals surface area contributed by atoms with Gasteiger partial charge in [0, 0.05) is 56.9 Å². The first kappa shape index (κ1) is 26.7. The molecule has 0 spiro atoms. The van der Waals surface area contributed by atoms with Crippen LogP contribution in [0.1, 0.15) is 42.5 Å². The number of hydrogen-bond acceptors (Lipinski definition) is 8. The summed E-state index contributed by atoms with van der Waals surface area (Å²) in [6.45, 7) is 6.51. The summed E-state index contributed by atoms with van der Waals surface area (Å²) >= 11 is 1.02. The van der Waals surface area contributed by atoms with Gasteiger partial charge < -0.3 is 25.3 Å². The fourth-order valence-corrected chi connectivity index (χ4v) is 5.40. The number of piperazine rings is 1. The normalized spacial score (nSPS) is 16.1. The Hall–Kier alpha value is -3.90. The number of halogens is 1. The van der Waals surface area contributed by atoms with Crippen molar-refractivity contribution in [3.8, 4) is 0 Å². The number of carbonyl (C=O) groups excluding carboxylic acids is 3. The second-order valence-corrected chi connectivity index (χ2v) is 10.3.